The number of ketones is 1. The average Bonchev–Trinajstić information content (AvgIpc) is 3.37. The van der Waals surface area contributed by atoms with E-state index in [0.717, 1.165) is 23.8 Å². The first-order valence-corrected chi connectivity index (χ1v) is 11.4. The van der Waals surface area contributed by atoms with E-state index in [1.807, 2.05) is 0 Å². The lowest BCUT2D eigenvalue weighted by Crippen LogP contribution is -2.25. The largest absolute Gasteiger partial charge is 0.296 e. The lowest BCUT2D eigenvalue weighted by atomic mass is 10.2. The summed E-state index contributed by atoms with van der Waals surface area (Å²) in [6, 6.07) is 2.77. The fourth-order valence-corrected chi connectivity index (χ4v) is 5.61. The topological polar surface area (TPSA) is 59.0 Å². The Hall–Kier alpha value is -1.67. The van der Waals surface area contributed by atoms with E-state index < -0.39 is 0 Å². The lowest BCUT2D eigenvalue weighted by Gasteiger charge is -2.20. The fraction of sp³-hybridized carbons (Fsp3) is 0.400. The zero-order chi connectivity index (χ0) is 19.7. The first kappa shape index (κ1) is 19.6. The molecule has 3 aromatic rings. The number of halogens is 1. The Bertz CT molecular complexity index is 983. The molecule has 146 valence electrons. The molecular weight excluding hydrogens is 412 g/mol. The van der Waals surface area contributed by atoms with Crippen molar-refractivity contribution >= 4 is 40.1 Å². The molecule has 0 N–H and O–H groups in total. The molecule has 0 saturated carbocycles. The van der Waals surface area contributed by atoms with Gasteiger partial charge in [-0.1, -0.05) is 11.6 Å². The van der Waals surface area contributed by atoms with Crippen molar-refractivity contribution in [3.05, 3.63) is 50.1 Å². The zero-order valence-corrected chi connectivity index (χ0v) is 18.2. The number of carbonyl (C=O) groups is 1. The van der Waals surface area contributed by atoms with E-state index in [-0.39, 0.29) is 17.4 Å². The van der Waals surface area contributed by atoms with E-state index >= 15 is 0 Å². The van der Waals surface area contributed by atoms with Gasteiger partial charge < -0.3 is 0 Å². The molecule has 28 heavy (non-hydrogen) atoms. The molecule has 0 bridgehead atoms. The van der Waals surface area contributed by atoms with Gasteiger partial charge in [0.05, 0.1) is 29.4 Å². The molecule has 1 atom stereocenters. The molecule has 3 aromatic heterocycles. The Morgan fingerprint density at radius 2 is 2.21 bits per heavy atom. The second kappa shape index (κ2) is 8.37. The van der Waals surface area contributed by atoms with Crippen LogP contribution >= 0.6 is 34.3 Å². The molecule has 0 unspecified atom stereocenters. The van der Waals surface area contributed by atoms with Crippen molar-refractivity contribution in [3.63, 3.8) is 0 Å². The van der Waals surface area contributed by atoms with Gasteiger partial charge in [-0.3, -0.25) is 9.69 Å². The molecule has 8 heteroatoms. The van der Waals surface area contributed by atoms with Crippen LogP contribution in [0.3, 0.4) is 0 Å². The minimum atomic E-state index is -0.0899. The molecule has 0 amide bonds. The SMILES string of the molecule is Cc1csc(-c2nc(CC(=O)c3cnc(Cl)cn3)sc2CN2CCC[C@H]2C)c1. The summed E-state index contributed by atoms with van der Waals surface area (Å²) in [6.45, 7) is 6.39. The van der Waals surface area contributed by atoms with Gasteiger partial charge in [-0.2, -0.15) is 0 Å². The van der Waals surface area contributed by atoms with Crippen molar-refractivity contribution in [2.75, 3.05) is 6.54 Å². The van der Waals surface area contributed by atoms with E-state index in [1.54, 1.807) is 22.7 Å². The fourth-order valence-electron chi connectivity index (χ4n) is 3.43. The van der Waals surface area contributed by atoms with E-state index in [2.05, 4.69) is 40.2 Å². The predicted octanol–water partition coefficient (Wildman–Crippen LogP) is 5.03. The highest BCUT2D eigenvalue weighted by Gasteiger charge is 2.24. The first-order valence-electron chi connectivity index (χ1n) is 9.28. The molecule has 1 aliphatic rings. The average molecular weight is 433 g/mol. The van der Waals surface area contributed by atoms with E-state index in [9.17, 15) is 4.79 Å². The van der Waals surface area contributed by atoms with Crippen LogP contribution in [0.4, 0.5) is 0 Å². The Morgan fingerprint density at radius 1 is 1.36 bits per heavy atom. The third-order valence-electron chi connectivity index (χ3n) is 4.96. The summed E-state index contributed by atoms with van der Waals surface area (Å²) >= 11 is 9.11. The Balaban J connectivity index is 1.60. The maximum absolute atomic E-state index is 12.6. The van der Waals surface area contributed by atoms with Crippen LogP contribution in [0.2, 0.25) is 5.15 Å². The van der Waals surface area contributed by atoms with E-state index in [4.69, 9.17) is 16.6 Å². The van der Waals surface area contributed by atoms with Gasteiger partial charge in [0.25, 0.3) is 0 Å². The van der Waals surface area contributed by atoms with Crippen molar-refractivity contribution in [1.82, 2.24) is 19.9 Å². The van der Waals surface area contributed by atoms with Crippen LogP contribution in [0.1, 0.15) is 45.7 Å². The Kier molecular flexibility index (Phi) is 5.87. The molecular formula is C20H21ClN4OS2. The molecule has 5 nitrogen and oxygen atoms in total. The number of hydrogen-bond donors (Lipinski definition) is 0. The van der Waals surface area contributed by atoms with Gasteiger partial charge >= 0.3 is 0 Å². The molecule has 1 aliphatic heterocycles. The summed E-state index contributed by atoms with van der Waals surface area (Å²) in [5.41, 5.74) is 2.58. The van der Waals surface area contributed by atoms with Crippen LogP contribution in [0.5, 0.6) is 0 Å². The van der Waals surface area contributed by atoms with Crippen LogP contribution < -0.4 is 0 Å². The standard InChI is InChI=1S/C20H21ClN4OS2/c1-12-6-16(27-11-12)20-17(10-25-5-3-4-13(25)2)28-19(24-20)7-15(26)14-8-23-18(21)9-22-14/h6,8-9,11,13H,3-5,7,10H2,1-2H3/t13-/m1/s1. The molecule has 0 radical (unpaired) electrons. The summed E-state index contributed by atoms with van der Waals surface area (Å²) < 4.78 is 0. The monoisotopic (exact) mass is 432 g/mol. The third kappa shape index (κ3) is 4.33. The lowest BCUT2D eigenvalue weighted by molar-refractivity contribution is 0.0988. The Labute approximate surface area is 177 Å². The number of rotatable bonds is 6. The van der Waals surface area contributed by atoms with Crippen molar-refractivity contribution in [2.24, 2.45) is 0 Å². The van der Waals surface area contributed by atoms with Crippen LogP contribution in [0.25, 0.3) is 10.6 Å². The number of aromatic nitrogens is 3. The third-order valence-corrected chi connectivity index (χ3v) is 7.25. The minimum absolute atomic E-state index is 0.0899. The zero-order valence-electron chi connectivity index (χ0n) is 15.8. The van der Waals surface area contributed by atoms with Crippen molar-refractivity contribution in [2.45, 2.75) is 45.7 Å². The highest BCUT2D eigenvalue weighted by Crippen LogP contribution is 2.35. The summed E-state index contributed by atoms with van der Waals surface area (Å²) in [6.07, 6.45) is 5.54. The summed E-state index contributed by atoms with van der Waals surface area (Å²) in [7, 11) is 0. The minimum Gasteiger partial charge on any atom is -0.296 e. The van der Waals surface area contributed by atoms with E-state index in [1.165, 1.54) is 40.6 Å². The number of aryl methyl sites for hydroxylation is 1. The van der Waals surface area contributed by atoms with Gasteiger partial charge in [0.2, 0.25) is 0 Å². The summed E-state index contributed by atoms with van der Waals surface area (Å²) in [5, 5.41) is 3.25. The molecule has 4 heterocycles. The maximum Gasteiger partial charge on any atom is 0.189 e. The van der Waals surface area contributed by atoms with Crippen LogP contribution in [0, 0.1) is 6.92 Å². The van der Waals surface area contributed by atoms with Crippen LogP contribution in [-0.4, -0.2) is 38.2 Å². The van der Waals surface area contributed by atoms with Gasteiger partial charge in [0.15, 0.2) is 5.78 Å². The predicted molar refractivity (Wildman–Crippen MR) is 114 cm³/mol. The smallest absolute Gasteiger partial charge is 0.189 e. The van der Waals surface area contributed by atoms with Crippen molar-refractivity contribution < 1.29 is 4.79 Å². The Morgan fingerprint density at radius 3 is 2.86 bits per heavy atom. The van der Waals surface area contributed by atoms with Gasteiger partial charge in [0.1, 0.15) is 15.9 Å². The van der Waals surface area contributed by atoms with Crippen LogP contribution in [-0.2, 0) is 13.0 Å². The number of thiazole rings is 1. The first-order chi connectivity index (χ1) is 13.5. The number of carbonyl (C=O) groups excluding carboxylic acids is 1. The van der Waals surface area contributed by atoms with Gasteiger partial charge in [-0.25, -0.2) is 15.0 Å². The second-order valence-corrected chi connectivity index (χ2v) is 9.62. The van der Waals surface area contributed by atoms with Gasteiger partial charge in [0, 0.05) is 17.5 Å². The van der Waals surface area contributed by atoms with Gasteiger partial charge in [-0.15, -0.1) is 22.7 Å². The van der Waals surface area contributed by atoms with Crippen molar-refractivity contribution in [1.29, 1.82) is 0 Å². The van der Waals surface area contributed by atoms with Crippen molar-refractivity contribution in [3.8, 4) is 10.6 Å². The molecule has 4 rings (SSSR count). The number of nitrogens with zero attached hydrogens (tertiary/aromatic N) is 4. The second-order valence-electron chi connectivity index (χ2n) is 7.15. The number of hydrogen-bond acceptors (Lipinski definition) is 7. The molecule has 0 aliphatic carbocycles. The number of thiophene rings is 1. The molecule has 1 saturated heterocycles. The summed E-state index contributed by atoms with van der Waals surface area (Å²) in [5.74, 6) is -0.0899. The molecule has 0 spiro atoms. The highest BCUT2D eigenvalue weighted by atomic mass is 35.5. The summed E-state index contributed by atoms with van der Waals surface area (Å²) in [4.78, 5) is 30.4. The number of likely N-dealkylation sites (tertiary alicyclic amines) is 1. The van der Waals surface area contributed by atoms with Gasteiger partial charge in [-0.05, 0) is 50.2 Å². The number of Topliss-reactive ketones (excluding diaryl/α,β-unsaturated/α-hetero) is 1. The molecule has 1 fully saturated rings. The van der Waals surface area contributed by atoms with E-state index in [0.29, 0.717) is 11.7 Å². The molecule has 0 aromatic carbocycles. The maximum atomic E-state index is 12.6. The normalized spacial score (nSPS) is 17.3. The van der Waals surface area contributed by atoms with Crippen LogP contribution in [0.15, 0.2) is 23.8 Å². The quantitative estimate of drug-likeness (QED) is 0.511. The highest BCUT2D eigenvalue weighted by molar-refractivity contribution is 7.15.